The molecular formula is C27H29N5O3S. The third-order valence-electron chi connectivity index (χ3n) is 5.93. The fourth-order valence-corrected chi connectivity index (χ4v) is 5.24. The molecule has 9 heteroatoms. The summed E-state index contributed by atoms with van der Waals surface area (Å²) in [5, 5.41) is 6.95. The van der Waals surface area contributed by atoms with Gasteiger partial charge in [0.1, 0.15) is 12.4 Å². The van der Waals surface area contributed by atoms with E-state index in [2.05, 4.69) is 49.9 Å². The minimum absolute atomic E-state index is 0.410. The van der Waals surface area contributed by atoms with Gasteiger partial charge in [0.05, 0.1) is 31.1 Å². The Morgan fingerprint density at radius 2 is 1.72 bits per heavy atom. The fourth-order valence-electron chi connectivity index (χ4n) is 4.14. The lowest BCUT2D eigenvalue weighted by atomic mass is 10.2. The first-order valence-electron chi connectivity index (χ1n) is 12.0. The summed E-state index contributed by atoms with van der Waals surface area (Å²) >= 11 is 1.76. The largest absolute Gasteiger partial charge is 0.492 e. The van der Waals surface area contributed by atoms with E-state index < -0.39 is 6.03 Å². The van der Waals surface area contributed by atoms with E-state index in [0.29, 0.717) is 24.6 Å². The van der Waals surface area contributed by atoms with Crippen LogP contribution in [0, 0.1) is 0 Å². The summed E-state index contributed by atoms with van der Waals surface area (Å²) in [6.07, 6.45) is 1.70. The Morgan fingerprint density at radius 3 is 2.47 bits per heavy atom. The van der Waals surface area contributed by atoms with Gasteiger partial charge in [0.2, 0.25) is 0 Å². The number of hydrogen-bond donors (Lipinski definition) is 2. The molecule has 2 heterocycles. The van der Waals surface area contributed by atoms with E-state index in [-0.39, 0.29) is 0 Å². The fraction of sp³-hybridized carbons (Fsp3) is 0.259. The van der Waals surface area contributed by atoms with Crippen molar-refractivity contribution >= 4 is 41.1 Å². The van der Waals surface area contributed by atoms with Crippen molar-refractivity contribution in [2.24, 2.45) is 5.10 Å². The number of rotatable bonds is 8. The molecule has 2 aliphatic heterocycles. The van der Waals surface area contributed by atoms with Gasteiger partial charge in [-0.2, -0.15) is 5.10 Å². The van der Waals surface area contributed by atoms with Crippen molar-refractivity contribution in [2.45, 2.75) is 9.79 Å². The van der Waals surface area contributed by atoms with E-state index in [1.807, 2.05) is 48.5 Å². The zero-order chi connectivity index (χ0) is 24.6. The maximum atomic E-state index is 12.4. The number of fused-ring (bicyclic) bond motifs is 2. The van der Waals surface area contributed by atoms with Crippen LogP contribution in [0.15, 0.2) is 87.7 Å². The Labute approximate surface area is 215 Å². The van der Waals surface area contributed by atoms with Crippen molar-refractivity contribution < 1.29 is 14.3 Å². The Kier molecular flexibility index (Phi) is 8.02. The third kappa shape index (κ3) is 6.17. The van der Waals surface area contributed by atoms with Crippen molar-refractivity contribution in [3.05, 3.63) is 72.8 Å². The highest BCUT2D eigenvalue weighted by Crippen LogP contribution is 2.47. The number of urea groups is 1. The van der Waals surface area contributed by atoms with Gasteiger partial charge in [-0.05, 0) is 36.4 Å². The number of nitrogens with zero attached hydrogens (tertiary/aromatic N) is 3. The number of anilines is 3. The summed E-state index contributed by atoms with van der Waals surface area (Å²) in [4.78, 5) is 19.3. The van der Waals surface area contributed by atoms with Gasteiger partial charge in [0.15, 0.2) is 0 Å². The van der Waals surface area contributed by atoms with Gasteiger partial charge in [-0.3, -0.25) is 4.90 Å². The highest BCUT2D eigenvalue weighted by Gasteiger charge is 2.21. The van der Waals surface area contributed by atoms with Gasteiger partial charge < -0.3 is 19.7 Å². The maximum Gasteiger partial charge on any atom is 0.339 e. The van der Waals surface area contributed by atoms with Crippen molar-refractivity contribution in [2.75, 3.05) is 56.2 Å². The Morgan fingerprint density at radius 1 is 1.00 bits per heavy atom. The van der Waals surface area contributed by atoms with Crippen LogP contribution in [-0.2, 0) is 4.74 Å². The number of ether oxygens (including phenoxy) is 2. The first kappa shape index (κ1) is 24.2. The summed E-state index contributed by atoms with van der Waals surface area (Å²) in [7, 11) is 0. The van der Waals surface area contributed by atoms with Crippen LogP contribution in [-0.4, -0.2) is 63.1 Å². The molecule has 0 aliphatic carbocycles. The van der Waals surface area contributed by atoms with Crippen LogP contribution in [0.3, 0.4) is 0 Å². The number of hydrogen-bond acceptors (Lipinski definition) is 7. The molecule has 0 bridgehead atoms. The van der Waals surface area contributed by atoms with Gasteiger partial charge in [-0.25, -0.2) is 10.2 Å². The van der Waals surface area contributed by atoms with Crippen LogP contribution >= 0.6 is 11.8 Å². The molecule has 2 amide bonds. The van der Waals surface area contributed by atoms with Gasteiger partial charge in [-0.15, -0.1) is 0 Å². The molecule has 0 aromatic heterocycles. The maximum absolute atomic E-state index is 12.4. The minimum atomic E-state index is -0.410. The summed E-state index contributed by atoms with van der Waals surface area (Å²) in [5.41, 5.74) is 5.45. The van der Waals surface area contributed by atoms with Crippen LogP contribution in [0.1, 0.15) is 0 Å². The van der Waals surface area contributed by atoms with E-state index in [9.17, 15) is 4.79 Å². The highest BCUT2D eigenvalue weighted by molar-refractivity contribution is 7.99. The van der Waals surface area contributed by atoms with E-state index in [1.165, 1.54) is 9.79 Å². The lowest BCUT2D eigenvalue weighted by molar-refractivity contribution is 0.0322. The molecule has 3 aromatic rings. The molecule has 0 saturated carbocycles. The standard InChI is InChI=1S/C27H29N5O3S/c33-27(29-21-6-5-7-22(20-21)35-19-16-31-14-17-34-18-15-31)30-28-12-13-32-23-8-1-3-10-25(23)36-26-11-4-2-9-24(26)32/h1-12,20H,13-19H2,(H2,29,30,33)/b28-12+. The Hall–Kier alpha value is -3.53. The highest BCUT2D eigenvalue weighted by atomic mass is 32.2. The molecule has 3 aromatic carbocycles. The van der Waals surface area contributed by atoms with Gasteiger partial charge in [0.25, 0.3) is 0 Å². The number of amides is 2. The molecule has 0 spiro atoms. The molecule has 36 heavy (non-hydrogen) atoms. The van der Waals surface area contributed by atoms with Gasteiger partial charge in [0, 0.05) is 47.4 Å². The Balaban J connectivity index is 1.12. The number of carbonyl (C=O) groups excluding carboxylic acids is 1. The van der Waals surface area contributed by atoms with E-state index >= 15 is 0 Å². The normalized spacial score (nSPS) is 15.3. The molecule has 186 valence electrons. The summed E-state index contributed by atoms with van der Waals surface area (Å²) in [6.45, 7) is 5.37. The van der Waals surface area contributed by atoms with Crippen molar-refractivity contribution in [1.82, 2.24) is 10.3 Å². The summed E-state index contributed by atoms with van der Waals surface area (Å²) in [5.74, 6) is 0.713. The molecule has 1 saturated heterocycles. The Bertz CT molecular complexity index is 1170. The topological polar surface area (TPSA) is 78.4 Å². The quantitative estimate of drug-likeness (QED) is 0.339. The van der Waals surface area contributed by atoms with Crippen molar-refractivity contribution in [3.8, 4) is 5.75 Å². The lowest BCUT2D eigenvalue weighted by Gasteiger charge is -2.31. The predicted octanol–water partition coefficient (Wildman–Crippen LogP) is 4.81. The predicted molar refractivity (Wildman–Crippen MR) is 144 cm³/mol. The summed E-state index contributed by atoms with van der Waals surface area (Å²) < 4.78 is 11.2. The molecule has 0 atom stereocenters. The monoisotopic (exact) mass is 503 g/mol. The van der Waals surface area contributed by atoms with Crippen LogP contribution in [0.25, 0.3) is 0 Å². The second-order valence-electron chi connectivity index (χ2n) is 8.36. The van der Waals surface area contributed by atoms with Crippen LogP contribution in [0.2, 0.25) is 0 Å². The summed E-state index contributed by atoms with van der Waals surface area (Å²) in [6, 6.07) is 23.5. The molecule has 8 nitrogen and oxygen atoms in total. The second kappa shape index (κ2) is 11.9. The number of nitrogens with one attached hydrogen (secondary N) is 2. The SMILES string of the molecule is O=C(N/N=C/CN1c2ccccc2Sc2ccccc21)Nc1cccc(OCCN2CCOCC2)c1. The van der Waals surface area contributed by atoms with Gasteiger partial charge >= 0.3 is 6.03 Å². The molecule has 2 aliphatic rings. The molecule has 5 rings (SSSR count). The lowest BCUT2D eigenvalue weighted by Crippen LogP contribution is -2.38. The minimum Gasteiger partial charge on any atom is -0.492 e. The smallest absolute Gasteiger partial charge is 0.339 e. The number of hydrazone groups is 1. The molecule has 0 radical (unpaired) electrons. The van der Waals surface area contributed by atoms with E-state index in [4.69, 9.17) is 9.47 Å². The van der Waals surface area contributed by atoms with Crippen LogP contribution in [0.4, 0.5) is 21.9 Å². The third-order valence-corrected chi connectivity index (χ3v) is 7.06. The number of carbonyl (C=O) groups is 1. The van der Waals surface area contributed by atoms with E-state index in [1.54, 1.807) is 18.0 Å². The van der Waals surface area contributed by atoms with Crippen molar-refractivity contribution in [3.63, 3.8) is 0 Å². The zero-order valence-electron chi connectivity index (χ0n) is 19.9. The average Bonchev–Trinajstić information content (AvgIpc) is 2.91. The molecule has 1 fully saturated rings. The first-order valence-corrected chi connectivity index (χ1v) is 12.8. The average molecular weight is 504 g/mol. The molecule has 2 N–H and O–H groups in total. The second-order valence-corrected chi connectivity index (χ2v) is 9.44. The zero-order valence-corrected chi connectivity index (χ0v) is 20.7. The number of para-hydroxylation sites is 2. The first-order chi connectivity index (χ1) is 17.8. The van der Waals surface area contributed by atoms with Crippen LogP contribution in [0.5, 0.6) is 5.75 Å². The number of benzene rings is 3. The molecule has 0 unspecified atom stereocenters. The molecular weight excluding hydrogens is 474 g/mol. The van der Waals surface area contributed by atoms with Crippen LogP contribution < -0.4 is 20.4 Å². The van der Waals surface area contributed by atoms with Gasteiger partial charge in [-0.1, -0.05) is 42.1 Å². The number of morpholine rings is 1. The van der Waals surface area contributed by atoms with Crippen molar-refractivity contribution in [1.29, 1.82) is 0 Å². The van der Waals surface area contributed by atoms with E-state index in [0.717, 1.165) is 44.2 Å².